The standard InChI is InChI=1S/C27H31ClN2O4/c1-2-8-22(17-25(31)29-18-20-13-15-24(28)16-14-20)27(34)30-19-23(11-6-7-12-26(32)33)21-9-4-3-5-10-21/h2-6,9-11,13-16,22-23H,1,7-8,12,17-19H2,(H,29,31)(H,30,34)(H,32,33)/t22-,23-/m0/s1. The number of carboxylic acids is 1. The Morgan fingerprint density at radius 1 is 1.03 bits per heavy atom. The van der Waals surface area contributed by atoms with E-state index in [0.29, 0.717) is 31.0 Å². The van der Waals surface area contributed by atoms with E-state index in [1.54, 1.807) is 18.2 Å². The fourth-order valence-electron chi connectivity index (χ4n) is 3.40. The van der Waals surface area contributed by atoms with Crippen LogP contribution in [0.2, 0.25) is 5.02 Å². The normalized spacial score (nSPS) is 12.6. The summed E-state index contributed by atoms with van der Waals surface area (Å²) < 4.78 is 0. The van der Waals surface area contributed by atoms with Crippen molar-refractivity contribution in [3.63, 3.8) is 0 Å². The van der Waals surface area contributed by atoms with Gasteiger partial charge in [-0.05, 0) is 36.1 Å². The zero-order chi connectivity index (χ0) is 24.8. The number of halogens is 1. The van der Waals surface area contributed by atoms with Crippen LogP contribution in [0.1, 0.15) is 42.7 Å². The highest BCUT2D eigenvalue weighted by atomic mass is 35.5. The second-order valence-electron chi connectivity index (χ2n) is 7.95. The van der Waals surface area contributed by atoms with Gasteiger partial charge in [-0.1, -0.05) is 72.3 Å². The van der Waals surface area contributed by atoms with Crippen LogP contribution in [0.15, 0.2) is 79.4 Å². The first-order chi connectivity index (χ1) is 16.4. The molecule has 3 N–H and O–H groups in total. The molecule has 0 saturated heterocycles. The molecular weight excluding hydrogens is 452 g/mol. The molecule has 0 spiro atoms. The lowest BCUT2D eigenvalue weighted by Crippen LogP contribution is -2.36. The monoisotopic (exact) mass is 482 g/mol. The Hall–Kier alpha value is -3.38. The average molecular weight is 483 g/mol. The van der Waals surface area contributed by atoms with Gasteiger partial charge in [0.2, 0.25) is 11.8 Å². The van der Waals surface area contributed by atoms with Crippen LogP contribution in [0.5, 0.6) is 0 Å². The van der Waals surface area contributed by atoms with Gasteiger partial charge in [0, 0.05) is 36.9 Å². The van der Waals surface area contributed by atoms with E-state index >= 15 is 0 Å². The highest BCUT2D eigenvalue weighted by Crippen LogP contribution is 2.18. The lowest BCUT2D eigenvalue weighted by molar-refractivity contribution is -0.137. The summed E-state index contributed by atoms with van der Waals surface area (Å²) in [5, 5.41) is 15.3. The molecule has 0 aliphatic carbocycles. The maximum absolute atomic E-state index is 12.9. The summed E-state index contributed by atoms with van der Waals surface area (Å²) in [6.07, 6.45) is 6.28. The number of benzene rings is 2. The van der Waals surface area contributed by atoms with Crippen LogP contribution in [-0.4, -0.2) is 29.4 Å². The van der Waals surface area contributed by atoms with E-state index < -0.39 is 11.9 Å². The smallest absolute Gasteiger partial charge is 0.303 e. The van der Waals surface area contributed by atoms with Crippen molar-refractivity contribution < 1.29 is 19.5 Å². The van der Waals surface area contributed by atoms with Gasteiger partial charge in [-0.3, -0.25) is 14.4 Å². The van der Waals surface area contributed by atoms with E-state index in [9.17, 15) is 14.4 Å². The van der Waals surface area contributed by atoms with Gasteiger partial charge < -0.3 is 15.7 Å². The number of carbonyl (C=O) groups is 3. The molecule has 0 aliphatic rings. The maximum Gasteiger partial charge on any atom is 0.303 e. The number of rotatable bonds is 14. The molecule has 2 rings (SSSR count). The summed E-state index contributed by atoms with van der Waals surface area (Å²) in [5.41, 5.74) is 1.93. The van der Waals surface area contributed by atoms with Crippen molar-refractivity contribution in [2.75, 3.05) is 6.54 Å². The van der Waals surface area contributed by atoms with Crippen LogP contribution in [0.25, 0.3) is 0 Å². The number of carbonyl (C=O) groups excluding carboxylic acids is 2. The van der Waals surface area contributed by atoms with E-state index in [4.69, 9.17) is 16.7 Å². The third-order valence-electron chi connectivity index (χ3n) is 5.27. The fraction of sp³-hybridized carbons (Fsp3) is 0.296. The minimum absolute atomic E-state index is 0.0515. The first-order valence-electron chi connectivity index (χ1n) is 11.2. The lowest BCUT2D eigenvalue weighted by atomic mass is 9.96. The van der Waals surface area contributed by atoms with E-state index in [1.807, 2.05) is 54.6 Å². The molecule has 7 heteroatoms. The second kappa shape index (κ2) is 14.7. The van der Waals surface area contributed by atoms with E-state index in [2.05, 4.69) is 17.2 Å². The van der Waals surface area contributed by atoms with Gasteiger partial charge in [0.15, 0.2) is 0 Å². The van der Waals surface area contributed by atoms with Gasteiger partial charge in [-0.15, -0.1) is 6.58 Å². The fourth-order valence-corrected chi connectivity index (χ4v) is 3.53. The molecule has 0 unspecified atom stereocenters. The van der Waals surface area contributed by atoms with E-state index in [-0.39, 0.29) is 30.6 Å². The van der Waals surface area contributed by atoms with Gasteiger partial charge in [0.25, 0.3) is 0 Å². The predicted molar refractivity (Wildman–Crippen MR) is 134 cm³/mol. The van der Waals surface area contributed by atoms with Crippen molar-refractivity contribution in [1.82, 2.24) is 10.6 Å². The van der Waals surface area contributed by atoms with Crippen molar-refractivity contribution in [2.45, 2.75) is 38.1 Å². The Morgan fingerprint density at radius 3 is 2.38 bits per heavy atom. The van der Waals surface area contributed by atoms with Crippen molar-refractivity contribution >= 4 is 29.4 Å². The molecule has 34 heavy (non-hydrogen) atoms. The summed E-state index contributed by atoms with van der Waals surface area (Å²) in [6.45, 7) is 4.41. The molecule has 0 bridgehead atoms. The number of amides is 2. The summed E-state index contributed by atoms with van der Waals surface area (Å²) >= 11 is 5.88. The maximum atomic E-state index is 12.9. The minimum atomic E-state index is -0.851. The third-order valence-corrected chi connectivity index (χ3v) is 5.53. The first kappa shape index (κ1) is 26.9. The predicted octanol–water partition coefficient (Wildman–Crippen LogP) is 4.86. The minimum Gasteiger partial charge on any atom is -0.481 e. The Bertz CT molecular complexity index is 974. The van der Waals surface area contributed by atoms with Crippen molar-refractivity contribution in [1.29, 1.82) is 0 Å². The van der Waals surface area contributed by atoms with Crippen LogP contribution in [0.3, 0.4) is 0 Å². The van der Waals surface area contributed by atoms with E-state index in [1.165, 1.54) is 0 Å². The molecule has 0 heterocycles. The number of carboxylic acid groups (broad SMARTS) is 1. The average Bonchev–Trinajstić information content (AvgIpc) is 2.83. The van der Waals surface area contributed by atoms with Crippen LogP contribution in [-0.2, 0) is 20.9 Å². The molecule has 180 valence electrons. The van der Waals surface area contributed by atoms with Crippen LogP contribution < -0.4 is 10.6 Å². The summed E-state index contributed by atoms with van der Waals surface area (Å²) in [6, 6.07) is 16.9. The molecule has 2 atom stereocenters. The largest absolute Gasteiger partial charge is 0.481 e. The van der Waals surface area contributed by atoms with Gasteiger partial charge in [0.05, 0.1) is 5.92 Å². The molecular formula is C27H31ClN2O4. The number of nitrogens with one attached hydrogen (secondary N) is 2. The molecule has 0 aliphatic heterocycles. The second-order valence-corrected chi connectivity index (χ2v) is 8.39. The summed E-state index contributed by atoms with van der Waals surface area (Å²) in [4.78, 5) is 36.1. The number of hydrogen-bond acceptors (Lipinski definition) is 3. The Labute approximate surface area is 205 Å². The van der Waals surface area contributed by atoms with Crippen LogP contribution >= 0.6 is 11.6 Å². The highest BCUT2D eigenvalue weighted by molar-refractivity contribution is 6.30. The third kappa shape index (κ3) is 10.0. The van der Waals surface area contributed by atoms with Gasteiger partial charge in [-0.25, -0.2) is 0 Å². The van der Waals surface area contributed by atoms with Crippen LogP contribution in [0, 0.1) is 5.92 Å². The van der Waals surface area contributed by atoms with Crippen molar-refractivity contribution in [3.8, 4) is 0 Å². The Kier molecular flexibility index (Phi) is 11.6. The number of hydrogen-bond donors (Lipinski definition) is 3. The quantitative estimate of drug-likeness (QED) is 0.335. The molecule has 0 saturated carbocycles. The Morgan fingerprint density at radius 2 is 1.74 bits per heavy atom. The van der Waals surface area contributed by atoms with Crippen molar-refractivity contribution in [3.05, 3.63) is 95.6 Å². The van der Waals surface area contributed by atoms with Crippen molar-refractivity contribution in [2.24, 2.45) is 5.92 Å². The van der Waals surface area contributed by atoms with Crippen LogP contribution in [0.4, 0.5) is 0 Å². The van der Waals surface area contributed by atoms with Gasteiger partial charge >= 0.3 is 5.97 Å². The molecule has 6 nitrogen and oxygen atoms in total. The molecule has 0 aromatic heterocycles. The van der Waals surface area contributed by atoms with E-state index in [0.717, 1.165) is 11.1 Å². The van der Waals surface area contributed by atoms with Gasteiger partial charge in [-0.2, -0.15) is 0 Å². The highest BCUT2D eigenvalue weighted by Gasteiger charge is 2.21. The topological polar surface area (TPSA) is 95.5 Å². The summed E-state index contributed by atoms with van der Waals surface area (Å²) in [7, 11) is 0. The summed E-state index contributed by atoms with van der Waals surface area (Å²) in [5.74, 6) is -1.93. The number of aliphatic carboxylic acids is 1. The van der Waals surface area contributed by atoms with Gasteiger partial charge in [0.1, 0.15) is 0 Å². The lowest BCUT2D eigenvalue weighted by Gasteiger charge is -2.19. The SMILES string of the molecule is C=CC[C@@H](CC(=O)NCc1ccc(Cl)cc1)C(=O)NC[C@H](C=CCCC(=O)O)c1ccccc1. The first-order valence-corrected chi connectivity index (χ1v) is 11.6. The number of allylic oxidation sites excluding steroid dienone is 2. The Balaban J connectivity index is 1.94. The zero-order valence-corrected chi connectivity index (χ0v) is 19.8. The molecule has 2 amide bonds. The molecule has 2 aromatic rings. The molecule has 0 radical (unpaired) electrons. The zero-order valence-electron chi connectivity index (χ0n) is 19.1. The molecule has 2 aromatic carbocycles. The molecule has 0 fully saturated rings.